The minimum atomic E-state index is -0.641. The van der Waals surface area contributed by atoms with Gasteiger partial charge in [0.2, 0.25) is 0 Å². The van der Waals surface area contributed by atoms with Crippen molar-refractivity contribution in [1.29, 1.82) is 0 Å². The first kappa shape index (κ1) is 25.4. The monoisotopic (exact) mass is 506 g/mol. The van der Waals surface area contributed by atoms with Crippen LogP contribution in [-0.4, -0.2) is 51.0 Å². The lowest BCUT2D eigenvalue weighted by molar-refractivity contribution is 0.0968. The molecular weight excluding hydrogens is 474 g/mol. The number of pyridine rings is 1. The summed E-state index contributed by atoms with van der Waals surface area (Å²) in [6, 6.07) is 8.19. The molecule has 0 spiro atoms. The summed E-state index contributed by atoms with van der Waals surface area (Å²) in [5, 5.41) is 8.02. The average Bonchev–Trinajstić information content (AvgIpc) is 3.59. The van der Waals surface area contributed by atoms with Gasteiger partial charge in [0, 0.05) is 67.3 Å². The van der Waals surface area contributed by atoms with Crippen molar-refractivity contribution >= 4 is 11.0 Å². The minimum absolute atomic E-state index is 0.252. The summed E-state index contributed by atoms with van der Waals surface area (Å²) < 4.78 is 34.4. The molecule has 0 amide bonds. The summed E-state index contributed by atoms with van der Waals surface area (Å²) in [7, 11) is 0. The molecule has 9 heteroatoms. The van der Waals surface area contributed by atoms with Crippen LogP contribution in [0.4, 0.5) is 8.78 Å². The van der Waals surface area contributed by atoms with Crippen molar-refractivity contribution in [3.63, 3.8) is 0 Å². The minimum Gasteiger partial charge on any atom is -0.381 e. The van der Waals surface area contributed by atoms with E-state index in [1.807, 2.05) is 36.1 Å². The molecule has 3 aromatic heterocycles. The number of rotatable bonds is 3. The van der Waals surface area contributed by atoms with Crippen molar-refractivity contribution < 1.29 is 13.5 Å². The van der Waals surface area contributed by atoms with E-state index in [1.165, 1.54) is 50.6 Å². The van der Waals surface area contributed by atoms with Crippen LogP contribution in [0.25, 0.3) is 22.3 Å². The first-order chi connectivity index (χ1) is 18.1. The molecule has 1 saturated carbocycles. The van der Waals surface area contributed by atoms with Crippen molar-refractivity contribution in [3.05, 3.63) is 71.9 Å². The molecule has 1 aliphatic carbocycles. The van der Waals surface area contributed by atoms with Gasteiger partial charge in [-0.15, -0.1) is 0 Å². The number of hydrogen-bond donors (Lipinski definition) is 1. The van der Waals surface area contributed by atoms with E-state index in [0.717, 1.165) is 49.7 Å². The highest BCUT2D eigenvalue weighted by Gasteiger charge is 2.24. The lowest BCUT2D eigenvalue weighted by Gasteiger charge is -2.28. The van der Waals surface area contributed by atoms with E-state index < -0.39 is 11.6 Å². The van der Waals surface area contributed by atoms with E-state index >= 15 is 0 Å². The lowest BCUT2D eigenvalue weighted by Crippen LogP contribution is -2.40. The molecule has 0 radical (unpaired) electrons. The fraction of sp³-hybridized carbons (Fsp3) is 0.429. The molecule has 1 N–H and O–H groups in total. The Bertz CT molecular complexity index is 1310. The van der Waals surface area contributed by atoms with Gasteiger partial charge < -0.3 is 10.1 Å². The lowest BCUT2D eigenvalue weighted by atomic mass is 9.91. The second kappa shape index (κ2) is 11.8. The summed E-state index contributed by atoms with van der Waals surface area (Å²) >= 11 is 0. The van der Waals surface area contributed by atoms with Gasteiger partial charge in [-0.3, -0.25) is 4.68 Å². The van der Waals surface area contributed by atoms with Gasteiger partial charge >= 0.3 is 0 Å². The second-order valence-corrected chi connectivity index (χ2v) is 9.63. The Hall–Kier alpha value is -3.30. The smallest absolute Gasteiger partial charge is 0.163 e. The number of hydrogen-bond acceptors (Lipinski definition) is 6. The van der Waals surface area contributed by atoms with Gasteiger partial charge in [-0.05, 0) is 68.9 Å². The van der Waals surface area contributed by atoms with Gasteiger partial charge in [-0.25, -0.2) is 23.7 Å². The van der Waals surface area contributed by atoms with Crippen LogP contribution < -0.4 is 5.32 Å². The summed E-state index contributed by atoms with van der Waals surface area (Å²) in [5.41, 5.74) is 3.26. The highest BCUT2D eigenvalue weighted by atomic mass is 19.1. The van der Waals surface area contributed by atoms with Crippen LogP contribution in [0.5, 0.6) is 0 Å². The number of benzene rings is 1. The van der Waals surface area contributed by atoms with Gasteiger partial charge in [0.05, 0.1) is 11.7 Å². The predicted molar refractivity (Wildman–Crippen MR) is 138 cm³/mol. The van der Waals surface area contributed by atoms with E-state index in [4.69, 9.17) is 4.74 Å². The van der Waals surface area contributed by atoms with Crippen LogP contribution in [0, 0.1) is 18.6 Å². The number of halogens is 2. The Balaban J connectivity index is 0.000000161. The van der Waals surface area contributed by atoms with Crippen LogP contribution in [0.15, 0.2) is 49.1 Å². The molecule has 3 fully saturated rings. The molecule has 0 bridgehead atoms. The summed E-state index contributed by atoms with van der Waals surface area (Å²) in [4.78, 5) is 12.9. The van der Waals surface area contributed by atoms with Gasteiger partial charge in [0.15, 0.2) is 5.65 Å². The van der Waals surface area contributed by atoms with Gasteiger partial charge in [0.25, 0.3) is 0 Å². The molecule has 3 aliphatic rings. The molecule has 194 valence electrons. The van der Waals surface area contributed by atoms with Crippen LogP contribution in [0.2, 0.25) is 0 Å². The van der Waals surface area contributed by atoms with E-state index in [2.05, 4.69) is 25.4 Å². The van der Waals surface area contributed by atoms with E-state index in [9.17, 15) is 8.78 Å². The highest BCUT2D eigenvalue weighted by Crippen LogP contribution is 2.33. The van der Waals surface area contributed by atoms with Gasteiger partial charge in [-0.1, -0.05) is 0 Å². The standard InChI is InChI=1S/C17H14F2N4.C6H8N2.C5H10O/c1-9-13(10-6-20-7-10)5-14-16(21-8-22-17(14)23-9)12-3-2-11(18)4-15(12)19;1-4-7-8(5-1)6-2-3-6;1-2-4-6-5-3-1/h2-5,8,10,20H,6-7H2,1H3;1,4-6H,2-3H2;1-5H2. The number of nitrogens with zero attached hydrogens (tertiary/aromatic N) is 5. The van der Waals surface area contributed by atoms with Crippen LogP contribution in [0.3, 0.4) is 0 Å². The van der Waals surface area contributed by atoms with Gasteiger partial charge in [0.1, 0.15) is 18.0 Å². The van der Waals surface area contributed by atoms with Crippen molar-refractivity contribution in [1.82, 2.24) is 30.0 Å². The zero-order valence-electron chi connectivity index (χ0n) is 21.0. The number of ether oxygens (including phenoxy) is 1. The Morgan fingerprint density at radius 2 is 1.84 bits per heavy atom. The van der Waals surface area contributed by atoms with Crippen molar-refractivity contribution in [2.75, 3.05) is 26.3 Å². The molecule has 7 nitrogen and oxygen atoms in total. The Kier molecular flexibility index (Phi) is 8.11. The molecular formula is C28H32F2N6O. The molecule has 0 atom stereocenters. The van der Waals surface area contributed by atoms with E-state index in [1.54, 1.807) is 0 Å². The largest absolute Gasteiger partial charge is 0.381 e. The third kappa shape index (κ3) is 6.34. The maximum Gasteiger partial charge on any atom is 0.163 e. The third-order valence-corrected chi connectivity index (χ3v) is 6.78. The molecule has 37 heavy (non-hydrogen) atoms. The van der Waals surface area contributed by atoms with Crippen LogP contribution >= 0.6 is 0 Å². The van der Waals surface area contributed by atoms with Crippen molar-refractivity contribution in [2.45, 2.75) is 51.0 Å². The summed E-state index contributed by atoms with van der Waals surface area (Å²) in [6.45, 7) is 5.76. The van der Waals surface area contributed by atoms with Crippen molar-refractivity contribution in [2.24, 2.45) is 0 Å². The van der Waals surface area contributed by atoms with Gasteiger partial charge in [-0.2, -0.15) is 5.10 Å². The zero-order valence-corrected chi connectivity index (χ0v) is 21.0. The SMILES string of the molecule is C1CCOCC1.Cc1nc2ncnc(-c3ccc(F)cc3F)c2cc1C1CNC1.c1cnn(C2CC2)c1. The zero-order chi connectivity index (χ0) is 25.6. The molecule has 0 unspecified atom stereocenters. The maximum atomic E-state index is 14.1. The summed E-state index contributed by atoms with van der Waals surface area (Å²) in [5.74, 6) is -0.852. The quantitative estimate of drug-likeness (QED) is 0.403. The Morgan fingerprint density at radius 1 is 1.03 bits per heavy atom. The molecule has 7 rings (SSSR count). The second-order valence-electron chi connectivity index (χ2n) is 9.63. The fourth-order valence-corrected chi connectivity index (χ4v) is 4.43. The normalized spacial score (nSPS) is 17.3. The molecule has 5 heterocycles. The Morgan fingerprint density at radius 3 is 2.41 bits per heavy atom. The third-order valence-electron chi connectivity index (χ3n) is 6.78. The molecule has 4 aromatic rings. The first-order valence-electron chi connectivity index (χ1n) is 13.0. The highest BCUT2D eigenvalue weighted by molar-refractivity contribution is 5.90. The van der Waals surface area contributed by atoms with E-state index in [0.29, 0.717) is 22.6 Å². The van der Waals surface area contributed by atoms with Crippen LogP contribution in [-0.2, 0) is 4.74 Å². The number of aromatic nitrogens is 5. The molecule has 1 aromatic carbocycles. The number of aryl methyl sites for hydroxylation is 1. The van der Waals surface area contributed by atoms with E-state index in [-0.39, 0.29) is 5.56 Å². The molecule has 2 saturated heterocycles. The topological polar surface area (TPSA) is 77.8 Å². The fourth-order valence-electron chi connectivity index (χ4n) is 4.43. The number of nitrogens with one attached hydrogen (secondary N) is 1. The van der Waals surface area contributed by atoms with Crippen LogP contribution in [0.1, 0.15) is 55.3 Å². The Labute approximate surface area is 215 Å². The summed E-state index contributed by atoms with van der Waals surface area (Å²) in [6.07, 6.45) is 11.8. The maximum absolute atomic E-state index is 14.1. The first-order valence-corrected chi connectivity index (χ1v) is 13.0. The molecule has 2 aliphatic heterocycles. The predicted octanol–water partition coefficient (Wildman–Crippen LogP) is 5.37. The average molecular weight is 507 g/mol. The number of fused-ring (bicyclic) bond motifs is 1. The van der Waals surface area contributed by atoms with Crippen molar-refractivity contribution in [3.8, 4) is 11.3 Å².